The molecule has 3 rings (SSSR count). The molecule has 0 amide bonds. The number of rotatable bonds is 2. The molecule has 104 valence electrons. The Morgan fingerprint density at radius 1 is 1.35 bits per heavy atom. The molecule has 0 fully saturated rings. The summed E-state index contributed by atoms with van der Waals surface area (Å²) in [6.07, 6.45) is 1.96. The molecule has 7 heteroatoms. The number of nitrogens with two attached hydrogens (primary N) is 2. The Morgan fingerprint density at radius 3 is 2.90 bits per heavy atom. The molecule has 0 saturated carbocycles. The summed E-state index contributed by atoms with van der Waals surface area (Å²) < 4.78 is 0. The van der Waals surface area contributed by atoms with E-state index in [1.165, 1.54) is 16.9 Å². The first-order valence-corrected chi connectivity index (χ1v) is 6.65. The summed E-state index contributed by atoms with van der Waals surface area (Å²) in [6.45, 7) is 2.07. The van der Waals surface area contributed by atoms with E-state index in [0.29, 0.717) is 5.13 Å². The normalized spacial score (nSPS) is 10.2. The highest BCUT2D eigenvalue weighted by Crippen LogP contribution is 2.32. The molecule has 20 heavy (non-hydrogen) atoms. The minimum atomic E-state index is 0. The van der Waals surface area contributed by atoms with Crippen LogP contribution in [0.4, 0.5) is 5.13 Å². The number of thiazole rings is 1. The molecule has 2 aromatic heterocycles. The smallest absolute Gasteiger partial charge is 0.212 e. The van der Waals surface area contributed by atoms with Crippen LogP contribution in [-0.4, -0.2) is 15.9 Å². The monoisotopic (exact) mass is 307 g/mol. The Hall–Kier alpha value is -2.05. The summed E-state index contributed by atoms with van der Waals surface area (Å²) in [5, 5.41) is 3.67. The van der Waals surface area contributed by atoms with Crippen molar-refractivity contribution in [3.05, 3.63) is 35.3 Å². The highest BCUT2D eigenvalue weighted by Gasteiger charge is 2.10. The van der Waals surface area contributed by atoms with Gasteiger partial charge in [0, 0.05) is 28.0 Å². The van der Waals surface area contributed by atoms with E-state index in [4.69, 9.17) is 11.5 Å². The van der Waals surface area contributed by atoms with Crippen molar-refractivity contribution in [1.29, 1.82) is 0 Å². The highest BCUT2D eigenvalue weighted by molar-refractivity contribution is 7.13. The summed E-state index contributed by atoms with van der Waals surface area (Å²) in [7, 11) is 0. The van der Waals surface area contributed by atoms with Gasteiger partial charge in [-0.05, 0) is 19.1 Å². The van der Waals surface area contributed by atoms with E-state index in [1.54, 1.807) is 0 Å². The topological polar surface area (TPSA) is 93.1 Å². The number of H-pyrrole nitrogens is 1. The molecule has 0 aliphatic heterocycles. The first-order valence-electron chi connectivity index (χ1n) is 5.77. The van der Waals surface area contributed by atoms with Crippen molar-refractivity contribution in [3.63, 3.8) is 0 Å². The fourth-order valence-corrected chi connectivity index (χ4v) is 2.70. The zero-order valence-corrected chi connectivity index (χ0v) is 12.4. The van der Waals surface area contributed by atoms with Crippen molar-refractivity contribution in [1.82, 2.24) is 9.97 Å². The van der Waals surface area contributed by atoms with Gasteiger partial charge in [0.25, 0.3) is 0 Å². The molecule has 0 aliphatic carbocycles. The summed E-state index contributed by atoms with van der Waals surface area (Å²) in [5.41, 5.74) is 15.0. The molecule has 2 heterocycles. The Morgan fingerprint density at radius 2 is 2.15 bits per heavy atom. The van der Waals surface area contributed by atoms with Crippen molar-refractivity contribution in [2.24, 2.45) is 16.5 Å². The molecule has 1 aromatic carbocycles. The lowest BCUT2D eigenvalue weighted by atomic mass is 10.1. The number of aromatic nitrogens is 2. The Bertz CT molecular complexity index is 770. The second-order valence-corrected chi connectivity index (χ2v) is 5.14. The van der Waals surface area contributed by atoms with Crippen molar-refractivity contribution in [2.45, 2.75) is 6.92 Å². The average Bonchev–Trinajstić information content (AvgIpc) is 2.94. The largest absolute Gasteiger partial charge is 0.370 e. The van der Waals surface area contributed by atoms with Crippen LogP contribution >= 0.6 is 23.7 Å². The van der Waals surface area contributed by atoms with E-state index in [2.05, 4.69) is 40.1 Å². The van der Waals surface area contributed by atoms with Gasteiger partial charge in [0.15, 0.2) is 5.96 Å². The maximum Gasteiger partial charge on any atom is 0.212 e. The van der Waals surface area contributed by atoms with Gasteiger partial charge in [-0.3, -0.25) is 0 Å². The quantitative estimate of drug-likeness (QED) is 0.502. The predicted molar refractivity (Wildman–Crippen MR) is 86.9 cm³/mol. The van der Waals surface area contributed by atoms with Crippen molar-refractivity contribution < 1.29 is 0 Å². The number of aryl methyl sites for hydroxylation is 1. The second kappa shape index (κ2) is 5.52. The highest BCUT2D eigenvalue weighted by atomic mass is 35.5. The summed E-state index contributed by atoms with van der Waals surface area (Å²) in [6, 6.07) is 6.28. The predicted octanol–water partition coefficient (Wildman–Crippen LogP) is 2.93. The molecule has 0 saturated heterocycles. The lowest BCUT2D eigenvalue weighted by molar-refractivity contribution is 1.33. The van der Waals surface area contributed by atoms with Crippen LogP contribution in [0.15, 0.2) is 34.8 Å². The van der Waals surface area contributed by atoms with Gasteiger partial charge in [-0.1, -0.05) is 11.6 Å². The molecule has 5 nitrogen and oxygen atoms in total. The van der Waals surface area contributed by atoms with Gasteiger partial charge in [0.1, 0.15) is 0 Å². The van der Waals surface area contributed by atoms with Gasteiger partial charge in [0.2, 0.25) is 5.13 Å². The van der Waals surface area contributed by atoms with Crippen LogP contribution in [0.1, 0.15) is 5.56 Å². The van der Waals surface area contributed by atoms with Crippen LogP contribution in [0.2, 0.25) is 0 Å². The zero-order chi connectivity index (χ0) is 13.4. The lowest BCUT2D eigenvalue weighted by Gasteiger charge is -1.96. The molecular weight excluding hydrogens is 294 g/mol. The fraction of sp³-hybridized carbons (Fsp3) is 0.0769. The minimum absolute atomic E-state index is 0. The van der Waals surface area contributed by atoms with E-state index in [9.17, 15) is 0 Å². The number of aromatic amines is 1. The lowest BCUT2D eigenvalue weighted by Crippen LogP contribution is -2.21. The Labute approximate surface area is 126 Å². The molecule has 0 spiro atoms. The van der Waals surface area contributed by atoms with Gasteiger partial charge in [-0.15, -0.1) is 23.7 Å². The maximum absolute atomic E-state index is 5.35. The molecule has 0 atom stereocenters. The Kier molecular flexibility index (Phi) is 3.96. The number of aliphatic imine (C=N–C) groups is 1. The molecule has 0 radical (unpaired) electrons. The number of halogens is 1. The fourth-order valence-electron chi connectivity index (χ4n) is 2.00. The SMILES string of the molecule is Cc1ccc2[nH]cc(-c3csc(N=C(N)N)n3)c2c1.Cl. The Balaban J connectivity index is 0.00000147. The van der Waals surface area contributed by atoms with Gasteiger partial charge in [0.05, 0.1) is 5.69 Å². The third kappa shape index (κ3) is 2.61. The molecule has 3 aromatic rings. The number of guanidine groups is 1. The van der Waals surface area contributed by atoms with Crippen LogP contribution in [-0.2, 0) is 0 Å². The summed E-state index contributed by atoms with van der Waals surface area (Å²) >= 11 is 1.42. The number of benzene rings is 1. The van der Waals surface area contributed by atoms with Crippen LogP contribution in [0.3, 0.4) is 0 Å². The molecule has 0 bridgehead atoms. The third-order valence-corrected chi connectivity index (χ3v) is 3.56. The maximum atomic E-state index is 5.35. The molecule has 0 aliphatic rings. The van der Waals surface area contributed by atoms with Gasteiger partial charge >= 0.3 is 0 Å². The second-order valence-electron chi connectivity index (χ2n) is 4.30. The van der Waals surface area contributed by atoms with Gasteiger partial charge in [-0.25, -0.2) is 4.98 Å². The van der Waals surface area contributed by atoms with Crippen molar-refractivity contribution >= 4 is 45.7 Å². The van der Waals surface area contributed by atoms with E-state index in [1.807, 2.05) is 11.6 Å². The first kappa shape index (κ1) is 14.4. The van der Waals surface area contributed by atoms with Gasteiger partial charge < -0.3 is 16.5 Å². The molecule has 5 N–H and O–H groups in total. The van der Waals surface area contributed by atoms with E-state index >= 15 is 0 Å². The van der Waals surface area contributed by atoms with Gasteiger partial charge in [-0.2, -0.15) is 4.99 Å². The van der Waals surface area contributed by atoms with Crippen LogP contribution in [0.25, 0.3) is 22.2 Å². The van der Waals surface area contributed by atoms with Crippen molar-refractivity contribution in [3.8, 4) is 11.3 Å². The van der Waals surface area contributed by atoms with E-state index in [0.717, 1.165) is 22.2 Å². The third-order valence-electron chi connectivity index (χ3n) is 2.83. The minimum Gasteiger partial charge on any atom is -0.370 e. The summed E-state index contributed by atoms with van der Waals surface area (Å²) in [4.78, 5) is 11.6. The number of hydrogen-bond acceptors (Lipinski definition) is 3. The number of fused-ring (bicyclic) bond motifs is 1. The molecule has 0 unspecified atom stereocenters. The summed E-state index contributed by atoms with van der Waals surface area (Å²) in [5.74, 6) is 0.0238. The van der Waals surface area contributed by atoms with E-state index < -0.39 is 0 Å². The van der Waals surface area contributed by atoms with Crippen LogP contribution in [0.5, 0.6) is 0 Å². The number of hydrogen-bond donors (Lipinski definition) is 3. The zero-order valence-electron chi connectivity index (χ0n) is 10.8. The first-order chi connectivity index (χ1) is 9.13. The van der Waals surface area contributed by atoms with Crippen LogP contribution in [0, 0.1) is 6.92 Å². The van der Waals surface area contributed by atoms with E-state index in [-0.39, 0.29) is 18.4 Å². The standard InChI is InChI=1S/C13H13N5S.ClH/c1-7-2-3-10-8(4-7)9(5-16-10)11-6-19-13(17-11)18-12(14)15;/h2-6,16H,1H3,(H4,14,15,17,18);1H. The number of nitrogens with one attached hydrogen (secondary N) is 1. The number of nitrogens with zero attached hydrogens (tertiary/aromatic N) is 2. The average molecular weight is 308 g/mol. The van der Waals surface area contributed by atoms with Crippen LogP contribution < -0.4 is 11.5 Å². The molecular formula is C13H14ClN5S. The van der Waals surface area contributed by atoms with Crippen molar-refractivity contribution in [2.75, 3.05) is 0 Å².